The lowest BCUT2D eigenvalue weighted by molar-refractivity contribution is 0.102. The summed E-state index contributed by atoms with van der Waals surface area (Å²) in [5, 5.41) is 5.78. The van der Waals surface area contributed by atoms with Crippen LogP contribution in [0.3, 0.4) is 0 Å². The second kappa shape index (κ2) is 8.68. The smallest absolute Gasteiger partial charge is 0.275 e. The van der Waals surface area contributed by atoms with Crippen LogP contribution in [0.5, 0.6) is 0 Å². The quantitative estimate of drug-likeness (QED) is 0.665. The molecule has 1 aliphatic heterocycles. The molecule has 2 aromatic carbocycles. The maximum absolute atomic E-state index is 13.2. The summed E-state index contributed by atoms with van der Waals surface area (Å²) in [5.41, 5.74) is 2.65. The number of anilines is 4. The van der Waals surface area contributed by atoms with Gasteiger partial charge in [-0.05, 0) is 61.7 Å². The molecule has 4 rings (SSSR count). The second-order valence-electron chi connectivity index (χ2n) is 6.97. The highest BCUT2D eigenvalue weighted by Gasteiger charge is 2.12. The van der Waals surface area contributed by atoms with Gasteiger partial charge in [-0.25, -0.2) is 14.4 Å². The summed E-state index contributed by atoms with van der Waals surface area (Å²) >= 11 is 0. The zero-order valence-corrected chi connectivity index (χ0v) is 15.9. The molecule has 2 N–H and O–H groups in total. The maximum atomic E-state index is 13.2. The number of halogens is 1. The Hall–Kier alpha value is -3.48. The molecule has 29 heavy (non-hydrogen) atoms. The van der Waals surface area contributed by atoms with Gasteiger partial charge in [0.05, 0.1) is 12.4 Å². The third-order valence-electron chi connectivity index (χ3n) is 4.83. The van der Waals surface area contributed by atoms with Crippen LogP contribution in [0.15, 0.2) is 60.9 Å². The van der Waals surface area contributed by atoms with E-state index >= 15 is 0 Å². The van der Waals surface area contributed by atoms with Gasteiger partial charge in [0.1, 0.15) is 17.3 Å². The number of hydrogen-bond acceptors (Lipinski definition) is 5. The number of nitrogens with one attached hydrogen (secondary N) is 2. The van der Waals surface area contributed by atoms with Crippen LogP contribution in [0.4, 0.5) is 27.3 Å². The van der Waals surface area contributed by atoms with E-state index in [0.717, 1.165) is 13.1 Å². The molecule has 1 amide bonds. The topological polar surface area (TPSA) is 70.2 Å². The number of hydrogen-bond donors (Lipinski definition) is 2. The van der Waals surface area contributed by atoms with Gasteiger partial charge in [0.2, 0.25) is 0 Å². The fourth-order valence-electron chi connectivity index (χ4n) is 3.33. The Balaban J connectivity index is 1.36. The molecule has 3 aromatic rings. The Kier molecular flexibility index (Phi) is 5.65. The molecule has 2 heterocycles. The summed E-state index contributed by atoms with van der Waals surface area (Å²) in [6, 6.07) is 13.9. The number of carbonyl (C=O) groups is 1. The van der Waals surface area contributed by atoms with Crippen molar-refractivity contribution in [3.05, 3.63) is 72.4 Å². The number of amides is 1. The monoisotopic (exact) mass is 391 g/mol. The Bertz CT molecular complexity index is 969. The van der Waals surface area contributed by atoms with Crippen molar-refractivity contribution in [2.24, 2.45) is 0 Å². The molecule has 1 fully saturated rings. The summed E-state index contributed by atoms with van der Waals surface area (Å²) in [7, 11) is 0. The molecule has 1 aromatic heterocycles. The molecule has 148 valence electrons. The van der Waals surface area contributed by atoms with E-state index in [-0.39, 0.29) is 17.4 Å². The lowest BCUT2D eigenvalue weighted by Crippen LogP contribution is -2.29. The second-order valence-corrected chi connectivity index (χ2v) is 6.97. The lowest BCUT2D eigenvalue weighted by Gasteiger charge is -2.28. The van der Waals surface area contributed by atoms with E-state index in [1.165, 1.54) is 49.5 Å². The fourth-order valence-corrected chi connectivity index (χ4v) is 3.33. The molecule has 6 nitrogen and oxygen atoms in total. The maximum Gasteiger partial charge on any atom is 0.275 e. The van der Waals surface area contributed by atoms with Gasteiger partial charge >= 0.3 is 0 Å². The molecule has 1 aliphatic rings. The number of aromatic nitrogens is 2. The van der Waals surface area contributed by atoms with E-state index in [1.54, 1.807) is 12.1 Å². The van der Waals surface area contributed by atoms with Crippen molar-refractivity contribution in [1.29, 1.82) is 0 Å². The van der Waals surface area contributed by atoms with Crippen molar-refractivity contribution < 1.29 is 9.18 Å². The van der Waals surface area contributed by atoms with E-state index in [1.807, 2.05) is 24.3 Å². The highest BCUT2D eigenvalue weighted by molar-refractivity contribution is 6.02. The van der Waals surface area contributed by atoms with Crippen LogP contribution >= 0.6 is 0 Å². The van der Waals surface area contributed by atoms with Crippen molar-refractivity contribution in [2.75, 3.05) is 28.6 Å². The third kappa shape index (κ3) is 4.87. The van der Waals surface area contributed by atoms with Crippen molar-refractivity contribution in [2.45, 2.75) is 19.3 Å². The van der Waals surface area contributed by atoms with Crippen LogP contribution in [0, 0.1) is 5.82 Å². The summed E-state index contributed by atoms with van der Waals surface area (Å²) in [5.74, 6) is -0.246. The molecular weight excluding hydrogens is 369 g/mol. The SMILES string of the molecule is O=C(Nc1ccc(N2CCCCC2)cc1)c1cnc(Nc2cccc(F)c2)cn1. The van der Waals surface area contributed by atoms with E-state index < -0.39 is 0 Å². The fraction of sp³-hybridized carbons (Fsp3) is 0.227. The number of rotatable bonds is 5. The molecule has 0 unspecified atom stereocenters. The van der Waals surface area contributed by atoms with Crippen molar-refractivity contribution in [1.82, 2.24) is 9.97 Å². The van der Waals surface area contributed by atoms with Gasteiger partial charge in [0.25, 0.3) is 5.91 Å². The number of piperidine rings is 1. The highest BCUT2D eigenvalue weighted by atomic mass is 19.1. The normalized spacial score (nSPS) is 13.8. The largest absolute Gasteiger partial charge is 0.372 e. The zero-order valence-electron chi connectivity index (χ0n) is 15.9. The Morgan fingerprint density at radius 2 is 1.72 bits per heavy atom. The van der Waals surface area contributed by atoms with Crippen LogP contribution < -0.4 is 15.5 Å². The average Bonchev–Trinajstić information content (AvgIpc) is 2.75. The summed E-state index contributed by atoms with van der Waals surface area (Å²) in [6.07, 6.45) is 6.57. The van der Waals surface area contributed by atoms with Crippen LogP contribution in [0.2, 0.25) is 0 Å². The van der Waals surface area contributed by atoms with E-state index in [9.17, 15) is 9.18 Å². The van der Waals surface area contributed by atoms with Crippen LogP contribution in [-0.2, 0) is 0 Å². The molecule has 1 saturated heterocycles. The zero-order chi connectivity index (χ0) is 20.1. The summed E-state index contributed by atoms with van der Waals surface area (Å²) in [4.78, 5) is 23.1. The highest BCUT2D eigenvalue weighted by Crippen LogP contribution is 2.22. The van der Waals surface area contributed by atoms with Crippen molar-refractivity contribution in [3.8, 4) is 0 Å². The van der Waals surface area contributed by atoms with Crippen LogP contribution in [0.1, 0.15) is 29.8 Å². The minimum absolute atomic E-state index is 0.204. The summed E-state index contributed by atoms with van der Waals surface area (Å²) in [6.45, 7) is 2.16. The predicted octanol–water partition coefficient (Wildman–Crippen LogP) is 4.60. The van der Waals surface area contributed by atoms with Crippen LogP contribution in [0.25, 0.3) is 0 Å². The van der Waals surface area contributed by atoms with E-state index in [4.69, 9.17) is 0 Å². The molecule has 0 aliphatic carbocycles. The standard InChI is InChI=1S/C22H22FN5O/c23-16-5-4-6-18(13-16)26-21-15-24-20(14-25-21)22(29)27-17-7-9-19(10-8-17)28-11-2-1-3-12-28/h4-10,13-15H,1-3,11-12H2,(H,25,26)(H,27,29). The molecule has 0 spiro atoms. The molecule has 0 bridgehead atoms. The van der Waals surface area contributed by atoms with E-state index in [2.05, 4.69) is 25.5 Å². The summed E-state index contributed by atoms with van der Waals surface area (Å²) < 4.78 is 13.2. The molecule has 0 atom stereocenters. The van der Waals surface area contributed by atoms with Gasteiger partial charge in [0, 0.05) is 30.2 Å². The van der Waals surface area contributed by atoms with E-state index in [0.29, 0.717) is 17.2 Å². The van der Waals surface area contributed by atoms with Gasteiger partial charge in [-0.1, -0.05) is 6.07 Å². The van der Waals surface area contributed by atoms with Crippen molar-refractivity contribution >= 4 is 28.8 Å². The Morgan fingerprint density at radius 1 is 0.931 bits per heavy atom. The Labute approximate surface area is 168 Å². The van der Waals surface area contributed by atoms with Gasteiger partial charge in [-0.15, -0.1) is 0 Å². The lowest BCUT2D eigenvalue weighted by atomic mass is 10.1. The third-order valence-corrected chi connectivity index (χ3v) is 4.83. The van der Waals surface area contributed by atoms with Gasteiger partial charge in [-0.2, -0.15) is 0 Å². The Morgan fingerprint density at radius 3 is 2.41 bits per heavy atom. The van der Waals surface area contributed by atoms with Crippen molar-refractivity contribution in [3.63, 3.8) is 0 Å². The first-order valence-corrected chi connectivity index (χ1v) is 9.68. The molecule has 0 saturated carbocycles. The predicted molar refractivity (Wildman–Crippen MR) is 112 cm³/mol. The first-order chi connectivity index (χ1) is 14.2. The molecular formula is C22H22FN5O. The molecule has 0 radical (unpaired) electrons. The molecule has 7 heteroatoms. The first kappa shape index (κ1) is 18.9. The van der Waals surface area contributed by atoms with Gasteiger partial charge in [0.15, 0.2) is 0 Å². The number of nitrogens with zero attached hydrogens (tertiary/aromatic N) is 3. The number of benzene rings is 2. The van der Waals surface area contributed by atoms with Gasteiger partial charge < -0.3 is 15.5 Å². The average molecular weight is 391 g/mol. The van der Waals surface area contributed by atoms with Gasteiger partial charge in [-0.3, -0.25) is 4.79 Å². The number of carbonyl (C=O) groups excluding carboxylic acids is 1. The minimum atomic E-state index is -0.342. The minimum Gasteiger partial charge on any atom is -0.372 e. The van der Waals surface area contributed by atoms with Crippen LogP contribution in [-0.4, -0.2) is 29.0 Å². The first-order valence-electron chi connectivity index (χ1n) is 9.68.